The summed E-state index contributed by atoms with van der Waals surface area (Å²) in [6, 6.07) is 0. The molecule has 8 nitrogen and oxygen atoms in total. The van der Waals surface area contributed by atoms with Crippen molar-refractivity contribution in [1.82, 2.24) is 0 Å². The number of fused-ring (bicyclic) bond motifs is 5. The Morgan fingerprint density at radius 2 is 1.91 bits per heavy atom. The molecule has 0 aliphatic heterocycles. The molecule has 0 heterocycles. The predicted molar refractivity (Wildman–Crippen MR) is 118 cm³/mol. The minimum absolute atomic E-state index is 0. The van der Waals surface area contributed by atoms with Crippen LogP contribution >= 0.6 is 0 Å². The fourth-order valence-corrected chi connectivity index (χ4v) is 7.75. The van der Waals surface area contributed by atoms with Crippen LogP contribution in [0.4, 0.5) is 0 Å². The topological polar surface area (TPSA) is 141 Å². The van der Waals surface area contributed by atoms with Crippen LogP contribution in [0.2, 0.25) is 0 Å². The van der Waals surface area contributed by atoms with Crippen molar-refractivity contribution in [3.63, 3.8) is 0 Å². The minimum Gasteiger partial charge on any atom is -0.550 e. The van der Waals surface area contributed by atoms with Gasteiger partial charge in [0, 0.05) is 22.7 Å². The van der Waals surface area contributed by atoms with Gasteiger partial charge in [-0.3, -0.25) is 14.4 Å². The van der Waals surface area contributed by atoms with E-state index in [2.05, 4.69) is 13.8 Å². The average Bonchev–Trinajstić information content (AvgIpc) is 3.03. The first kappa shape index (κ1) is 28.3. The molecule has 0 spiro atoms. The number of hydrogen-bond acceptors (Lipinski definition) is 8. The molecule has 0 aromatic carbocycles. The second-order valence-electron chi connectivity index (χ2n) is 11.1. The van der Waals surface area contributed by atoms with Crippen LogP contribution in [0.3, 0.4) is 0 Å². The number of carboxylic acids is 1. The Balaban J connectivity index is 0.00000342. The van der Waals surface area contributed by atoms with Gasteiger partial charge in [-0.25, -0.2) is 0 Å². The SMILES string of the molecule is C[C@@H]1C[C@H]2[C@@H]([C@H](O)C[C@]3(C)[C@@H]2CC[C@@]3(O)C(=O)COC(=O)CCC(=O)[O-])[C@]2(C)C=CC(=O)C=C12.[Na+]. The Morgan fingerprint density at radius 3 is 2.57 bits per heavy atom. The zero-order valence-corrected chi connectivity index (χ0v) is 22.9. The van der Waals surface area contributed by atoms with Gasteiger partial charge in [-0.15, -0.1) is 0 Å². The summed E-state index contributed by atoms with van der Waals surface area (Å²) < 4.78 is 4.95. The van der Waals surface area contributed by atoms with E-state index in [1.165, 1.54) is 0 Å². The maximum absolute atomic E-state index is 13.1. The van der Waals surface area contributed by atoms with Crippen LogP contribution in [0.25, 0.3) is 0 Å². The molecule has 3 saturated carbocycles. The Hall–Kier alpha value is -1.32. The van der Waals surface area contributed by atoms with Gasteiger partial charge in [0.2, 0.25) is 5.78 Å². The summed E-state index contributed by atoms with van der Waals surface area (Å²) in [6.45, 7) is 5.36. The van der Waals surface area contributed by atoms with Crippen LogP contribution in [0.5, 0.6) is 0 Å². The van der Waals surface area contributed by atoms with Crippen LogP contribution in [-0.2, 0) is 23.9 Å². The number of carboxylic acid groups (broad SMARTS) is 1. The summed E-state index contributed by atoms with van der Waals surface area (Å²) >= 11 is 0. The average molecular weight is 497 g/mol. The number of aliphatic hydroxyl groups is 2. The first-order valence-electron chi connectivity index (χ1n) is 12.1. The van der Waals surface area contributed by atoms with Gasteiger partial charge >= 0.3 is 35.5 Å². The Kier molecular flexibility index (Phi) is 7.96. The van der Waals surface area contributed by atoms with Gasteiger partial charge in [0.15, 0.2) is 12.4 Å². The molecule has 9 heteroatoms. The number of allylic oxidation sites excluding steroid dienone is 4. The van der Waals surface area contributed by atoms with Crippen LogP contribution in [0.1, 0.15) is 59.3 Å². The van der Waals surface area contributed by atoms with Crippen LogP contribution in [0.15, 0.2) is 23.8 Å². The third kappa shape index (κ3) is 4.50. The second-order valence-corrected chi connectivity index (χ2v) is 11.1. The number of rotatable bonds is 6. The molecule has 0 saturated heterocycles. The smallest absolute Gasteiger partial charge is 0.550 e. The number of hydrogen-bond donors (Lipinski definition) is 2. The normalized spacial score (nSPS) is 41.6. The van der Waals surface area contributed by atoms with Crippen LogP contribution in [-0.4, -0.2) is 52.0 Å². The number of aliphatic hydroxyl groups excluding tert-OH is 1. The molecule has 4 aliphatic rings. The summed E-state index contributed by atoms with van der Waals surface area (Å²) in [5.74, 6) is -2.85. The Morgan fingerprint density at radius 1 is 1.23 bits per heavy atom. The van der Waals surface area contributed by atoms with E-state index in [9.17, 15) is 34.5 Å². The molecule has 35 heavy (non-hydrogen) atoms. The Bertz CT molecular complexity index is 988. The first-order chi connectivity index (χ1) is 15.8. The van der Waals surface area contributed by atoms with Gasteiger partial charge in [0.1, 0.15) is 5.60 Å². The molecular weight excluding hydrogens is 463 g/mol. The van der Waals surface area contributed by atoms with E-state index in [1.54, 1.807) is 12.2 Å². The summed E-state index contributed by atoms with van der Waals surface area (Å²) in [5, 5.41) is 33.6. The summed E-state index contributed by atoms with van der Waals surface area (Å²) in [4.78, 5) is 47.5. The van der Waals surface area contributed by atoms with Gasteiger partial charge in [0.05, 0.1) is 12.5 Å². The van der Waals surface area contributed by atoms with E-state index >= 15 is 0 Å². The monoisotopic (exact) mass is 496 g/mol. The van der Waals surface area contributed by atoms with Crippen LogP contribution < -0.4 is 34.7 Å². The number of aliphatic carboxylic acids is 1. The fourth-order valence-electron chi connectivity index (χ4n) is 7.75. The molecular formula is C26H33NaO8. The molecule has 8 atom stereocenters. The standard InChI is InChI=1S/C26H34O8.Na/c1-14-10-16-17-7-9-26(33,20(29)13-34-22(32)5-4-21(30)31)25(17,3)12-19(28)23(16)24(2)8-6-15(27)11-18(14)24;/h6,8,11,14,16-17,19,23,28,33H,4-5,7,9-10,12-13H2,1-3H3,(H,30,31);/q;+1/p-1/t14-,16-,17-,19-,23+,24-,25-,26-;/m1./s1. The number of esters is 1. The molecule has 0 aromatic rings. The molecule has 4 aliphatic carbocycles. The third-order valence-corrected chi connectivity index (χ3v) is 9.33. The maximum atomic E-state index is 13.1. The molecule has 4 rings (SSSR count). The van der Waals surface area contributed by atoms with Gasteiger partial charge < -0.3 is 24.9 Å². The van der Waals surface area contributed by atoms with E-state index in [4.69, 9.17) is 4.74 Å². The van der Waals surface area contributed by atoms with Gasteiger partial charge in [-0.1, -0.05) is 32.4 Å². The zero-order chi connectivity index (χ0) is 25.1. The molecule has 2 N–H and O–H groups in total. The van der Waals surface area contributed by atoms with Crippen molar-refractivity contribution < 1.29 is 68.8 Å². The van der Waals surface area contributed by atoms with Crippen molar-refractivity contribution in [2.75, 3.05) is 6.61 Å². The second kappa shape index (κ2) is 9.86. The molecule has 0 bridgehead atoms. The van der Waals surface area contributed by atoms with E-state index in [0.29, 0.717) is 6.42 Å². The number of carbonyl (C=O) groups is 4. The summed E-state index contributed by atoms with van der Waals surface area (Å²) in [7, 11) is 0. The molecule has 0 amide bonds. The molecule has 0 radical (unpaired) electrons. The van der Waals surface area contributed by atoms with E-state index in [-0.39, 0.29) is 71.9 Å². The number of carbonyl (C=O) groups excluding carboxylic acids is 4. The third-order valence-electron chi connectivity index (χ3n) is 9.33. The van der Waals surface area contributed by atoms with Gasteiger partial charge in [-0.05, 0) is 62.0 Å². The number of Topliss-reactive ketones (excluding diaryl/α,β-unsaturated/α-hetero) is 1. The van der Waals surface area contributed by atoms with Crippen molar-refractivity contribution in [3.8, 4) is 0 Å². The predicted octanol–water partition coefficient (Wildman–Crippen LogP) is -2.11. The van der Waals surface area contributed by atoms with Crippen molar-refractivity contribution >= 4 is 23.5 Å². The van der Waals surface area contributed by atoms with Crippen molar-refractivity contribution in [2.45, 2.75) is 71.0 Å². The molecule has 186 valence electrons. The minimum atomic E-state index is -1.75. The first-order valence-corrected chi connectivity index (χ1v) is 12.1. The van der Waals surface area contributed by atoms with Gasteiger partial charge in [-0.2, -0.15) is 0 Å². The quantitative estimate of drug-likeness (QED) is 0.314. The van der Waals surface area contributed by atoms with E-state index in [0.717, 1.165) is 12.0 Å². The summed E-state index contributed by atoms with van der Waals surface area (Å²) in [5.41, 5.74) is -2.07. The molecule has 0 unspecified atom stereocenters. The van der Waals surface area contributed by atoms with Gasteiger partial charge in [0.25, 0.3) is 0 Å². The zero-order valence-electron chi connectivity index (χ0n) is 20.9. The van der Waals surface area contributed by atoms with Crippen LogP contribution in [0, 0.1) is 34.5 Å². The number of ether oxygens (including phenoxy) is 1. The molecule has 0 aromatic heterocycles. The van der Waals surface area contributed by atoms with Crippen molar-refractivity contribution in [3.05, 3.63) is 23.8 Å². The van der Waals surface area contributed by atoms with Crippen molar-refractivity contribution in [1.29, 1.82) is 0 Å². The summed E-state index contributed by atoms with van der Waals surface area (Å²) in [6.07, 6.45) is 5.30. The van der Waals surface area contributed by atoms with E-state index in [1.807, 2.05) is 13.0 Å². The maximum Gasteiger partial charge on any atom is 1.00 e. The fraction of sp³-hybridized carbons (Fsp3) is 0.692. The van der Waals surface area contributed by atoms with E-state index < -0.39 is 59.7 Å². The van der Waals surface area contributed by atoms with Crippen molar-refractivity contribution in [2.24, 2.45) is 34.5 Å². The Labute approximate surface area is 227 Å². The largest absolute Gasteiger partial charge is 1.00 e. The number of ketones is 2. The molecule has 3 fully saturated rings.